The van der Waals surface area contributed by atoms with E-state index in [0.29, 0.717) is 40.2 Å². The number of rotatable bonds is 7. The Morgan fingerprint density at radius 2 is 1.76 bits per heavy atom. The predicted molar refractivity (Wildman–Crippen MR) is 99.5 cm³/mol. The molecule has 0 aliphatic rings. The average Bonchev–Trinajstić information content (AvgIpc) is 2.53. The number of nitrogens with two attached hydrogens (primary N) is 1. The standard InChI is InChI=1S/C17H17Cl2N3O3/c18-11-6-7-15(14(19)9-11)25-8-2-5-16(23)21-12-3-1-4-13(10-12)22-17(20)24/h1,3-4,6-7,9-10H,2,5,8H2,(H,21,23)(H3,20,22,24). The van der Waals surface area contributed by atoms with Crippen molar-refractivity contribution >= 4 is 46.5 Å². The van der Waals surface area contributed by atoms with Crippen molar-refractivity contribution < 1.29 is 14.3 Å². The van der Waals surface area contributed by atoms with Gasteiger partial charge in [0.05, 0.1) is 11.6 Å². The number of ether oxygens (including phenoxy) is 1. The number of urea groups is 1. The van der Waals surface area contributed by atoms with Crippen molar-refractivity contribution in [2.24, 2.45) is 5.73 Å². The highest BCUT2D eigenvalue weighted by Crippen LogP contribution is 2.27. The summed E-state index contributed by atoms with van der Waals surface area (Å²) in [6.07, 6.45) is 0.794. The van der Waals surface area contributed by atoms with E-state index < -0.39 is 6.03 Å². The van der Waals surface area contributed by atoms with Crippen molar-refractivity contribution in [1.29, 1.82) is 0 Å². The van der Waals surface area contributed by atoms with E-state index in [1.165, 1.54) is 0 Å². The van der Waals surface area contributed by atoms with Gasteiger partial charge in [0.25, 0.3) is 0 Å². The van der Waals surface area contributed by atoms with Crippen LogP contribution in [0.1, 0.15) is 12.8 Å². The first kappa shape index (κ1) is 18.9. The highest BCUT2D eigenvalue weighted by Gasteiger charge is 2.06. The van der Waals surface area contributed by atoms with Crippen LogP contribution < -0.4 is 21.1 Å². The van der Waals surface area contributed by atoms with Crippen molar-refractivity contribution in [2.45, 2.75) is 12.8 Å². The van der Waals surface area contributed by atoms with Crippen LogP contribution in [-0.2, 0) is 4.79 Å². The molecule has 0 radical (unpaired) electrons. The molecule has 4 N–H and O–H groups in total. The van der Waals surface area contributed by atoms with Gasteiger partial charge in [0.1, 0.15) is 5.75 Å². The molecule has 132 valence electrons. The summed E-state index contributed by atoms with van der Waals surface area (Å²) in [5.41, 5.74) is 6.13. The molecule has 0 spiro atoms. The zero-order valence-corrected chi connectivity index (χ0v) is 14.7. The number of hydrogen-bond donors (Lipinski definition) is 3. The first-order valence-electron chi connectivity index (χ1n) is 7.48. The van der Waals surface area contributed by atoms with Gasteiger partial charge in [-0.3, -0.25) is 4.79 Å². The summed E-state index contributed by atoms with van der Waals surface area (Å²) in [5.74, 6) is 0.360. The Kier molecular flexibility index (Phi) is 6.91. The maximum atomic E-state index is 11.9. The summed E-state index contributed by atoms with van der Waals surface area (Å²) in [4.78, 5) is 22.8. The third-order valence-electron chi connectivity index (χ3n) is 3.11. The highest BCUT2D eigenvalue weighted by atomic mass is 35.5. The van der Waals surface area contributed by atoms with E-state index in [4.69, 9.17) is 33.7 Å². The van der Waals surface area contributed by atoms with Crippen LogP contribution in [0.2, 0.25) is 10.0 Å². The number of carbonyl (C=O) groups excluding carboxylic acids is 2. The molecule has 6 nitrogen and oxygen atoms in total. The molecule has 0 fully saturated rings. The Morgan fingerprint density at radius 3 is 2.44 bits per heavy atom. The highest BCUT2D eigenvalue weighted by molar-refractivity contribution is 6.35. The van der Waals surface area contributed by atoms with Crippen LogP contribution in [-0.4, -0.2) is 18.5 Å². The minimum absolute atomic E-state index is 0.165. The molecule has 25 heavy (non-hydrogen) atoms. The predicted octanol–water partition coefficient (Wildman–Crippen LogP) is 4.28. The zero-order chi connectivity index (χ0) is 18.2. The lowest BCUT2D eigenvalue weighted by Gasteiger charge is -2.09. The molecule has 0 aromatic heterocycles. The van der Waals surface area contributed by atoms with Crippen LogP contribution in [0.15, 0.2) is 42.5 Å². The molecule has 0 aliphatic heterocycles. The van der Waals surface area contributed by atoms with Gasteiger partial charge in [-0.1, -0.05) is 29.3 Å². The van der Waals surface area contributed by atoms with E-state index in [1.54, 1.807) is 42.5 Å². The molecule has 0 atom stereocenters. The zero-order valence-electron chi connectivity index (χ0n) is 13.2. The van der Waals surface area contributed by atoms with Crippen LogP contribution in [0, 0.1) is 0 Å². The van der Waals surface area contributed by atoms with Gasteiger partial charge in [-0.05, 0) is 42.8 Å². The minimum Gasteiger partial charge on any atom is -0.492 e. The molecule has 0 saturated carbocycles. The number of amides is 3. The smallest absolute Gasteiger partial charge is 0.316 e. The van der Waals surface area contributed by atoms with Crippen molar-refractivity contribution in [1.82, 2.24) is 0 Å². The average molecular weight is 382 g/mol. The molecule has 2 rings (SSSR count). The maximum absolute atomic E-state index is 11.9. The largest absolute Gasteiger partial charge is 0.492 e. The molecule has 0 heterocycles. The summed E-state index contributed by atoms with van der Waals surface area (Å²) in [5, 5.41) is 6.15. The van der Waals surface area contributed by atoms with Gasteiger partial charge in [0.15, 0.2) is 0 Å². The summed E-state index contributed by atoms with van der Waals surface area (Å²) >= 11 is 11.8. The second-order valence-corrected chi connectivity index (χ2v) is 5.99. The fourth-order valence-electron chi connectivity index (χ4n) is 2.05. The summed E-state index contributed by atoms with van der Waals surface area (Å²) in [6.45, 7) is 0.345. The molecule has 0 bridgehead atoms. The molecule has 2 aromatic carbocycles. The third kappa shape index (κ3) is 6.52. The van der Waals surface area contributed by atoms with Crippen LogP contribution in [0.4, 0.5) is 16.2 Å². The quantitative estimate of drug-likeness (QED) is 0.624. The van der Waals surface area contributed by atoms with Gasteiger partial charge in [-0.2, -0.15) is 0 Å². The lowest BCUT2D eigenvalue weighted by Crippen LogP contribution is -2.19. The molecular weight excluding hydrogens is 365 g/mol. The number of anilines is 2. The molecule has 3 amide bonds. The van der Waals surface area contributed by atoms with Crippen molar-refractivity contribution in [2.75, 3.05) is 17.2 Å². The van der Waals surface area contributed by atoms with Crippen molar-refractivity contribution in [3.05, 3.63) is 52.5 Å². The Hall–Kier alpha value is -2.44. The van der Waals surface area contributed by atoms with E-state index >= 15 is 0 Å². The van der Waals surface area contributed by atoms with Crippen LogP contribution in [0.25, 0.3) is 0 Å². The molecule has 0 aliphatic carbocycles. The normalized spacial score (nSPS) is 10.2. The van der Waals surface area contributed by atoms with Crippen LogP contribution >= 0.6 is 23.2 Å². The van der Waals surface area contributed by atoms with Gasteiger partial charge < -0.3 is 21.1 Å². The number of benzene rings is 2. The van der Waals surface area contributed by atoms with Crippen molar-refractivity contribution in [3.8, 4) is 5.75 Å². The Labute approximate surface area is 155 Å². The lowest BCUT2D eigenvalue weighted by molar-refractivity contribution is -0.116. The second kappa shape index (κ2) is 9.15. The summed E-state index contributed by atoms with van der Waals surface area (Å²) in [7, 11) is 0. The topological polar surface area (TPSA) is 93.5 Å². The molecule has 0 unspecified atom stereocenters. The summed E-state index contributed by atoms with van der Waals surface area (Å²) < 4.78 is 5.52. The van der Waals surface area contributed by atoms with E-state index in [-0.39, 0.29) is 12.3 Å². The number of carbonyl (C=O) groups is 2. The number of halogens is 2. The molecule has 2 aromatic rings. The van der Waals surface area contributed by atoms with Crippen molar-refractivity contribution in [3.63, 3.8) is 0 Å². The van der Waals surface area contributed by atoms with E-state index in [0.717, 1.165) is 0 Å². The van der Waals surface area contributed by atoms with Crippen LogP contribution in [0.5, 0.6) is 5.75 Å². The second-order valence-electron chi connectivity index (χ2n) is 5.14. The fourth-order valence-corrected chi connectivity index (χ4v) is 2.51. The minimum atomic E-state index is -0.665. The fraction of sp³-hybridized carbons (Fsp3) is 0.176. The maximum Gasteiger partial charge on any atom is 0.316 e. The Balaban J connectivity index is 1.76. The molecule has 0 saturated heterocycles. The number of primary amides is 1. The summed E-state index contributed by atoms with van der Waals surface area (Å²) in [6, 6.07) is 11.0. The number of hydrogen-bond acceptors (Lipinski definition) is 3. The van der Waals surface area contributed by atoms with Crippen LogP contribution in [0.3, 0.4) is 0 Å². The SMILES string of the molecule is NC(=O)Nc1cccc(NC(=O)CCCOc2ccc(Cl)cc2Cl)c1. The molecular formula is C17H17Cl2N3O3. The molecule has 8 heteroatoms. The van der Waals surface area contributed by atoms with E-state index in [2.05, 4.69) is 10.6 Å². The number of nitrogens with one attached hydrogen (secondary N) is 2. The lowest BCUT2D eigenvalue weighted by atomic mass is 10.2. The van der Waals surface area contributed by atoms with Gasteiger partial charge in [-0.25, -0.2) is 4.79 Å². The Bertz CT molecular complexity index is 769. The Morgan fingerprint density at radius 1 is 1.04 bits per heavy atom. The van der Waals surface area contributed by atoms with Gasteiger partial charge in [0, 0.05) is 22.8 Å². The van der Waals surface area contributed by atoms with Gasteiger partial charge in [0.2, 0.25) is 5.91 Å². The monoisotopic (exact) mass is 381 g/mol. The first-order chi connectivity index (χ1) is 11.9. The van der Waals surface area contributed by atoms with E-state index in [9.17, 15) is 9.59 Å². The van der Waals surface area contributed by atoms with E-state index in [1.807, 2.05) is 0 Å². The van der Waals surface area contributed by atoms with Gasteiger partial charge >= 0.3 is 6.03 Å². The third-order valence-corrected chi connectivity index (χ3v) is 3.64. The van der Waals surface area contributed by atoms with Gasteiger partial charge in [-0.15, -0.1) is 0 Å². The first-order valence-corrected chi connectivity index (χ1v) is 8.24.